The van der Waals surface area contributed by atoms with Crippen LogP contribution in [-0.4, -0.2) is 38.7 Å². The van der Waals surface area contributed by atoms with Crippen molar-refractivity contribution >= 4 is 28.2 Å². The number of rotatable bonds is 9. The number of aryl methyl sites for hydroxylation is 1. The number of likely N-dealkylation sites (tertiary alicyclic amines) is 1. The molecule has 2 N–H and O–H groups in total. The minimum atomic E-state index is -0.106. The number of esters is 1. The normalized spacial score (nSPS) is 18.3. The summed E-state index contributed by atoms with van der Waals surface area (Å²) in [6.45, 7) is 6.11. The fraction of sp³-hybridized carbons (Fsp3) is 0.379. The molecule has 1 unspecified atom stereocenters. The molecule has 0 saturated carbocycles. The molecule has 3 aromatic rings. The summed E-state index contributed by atoms with van der Waals surface area (Å²) in [7, 11) is 1.67. The summed E-state index contributed by atoms with van der Waals surface area (Å²) >= 11 is 1.65. The number of carbonyl (C=O) groups is 2. The maximum absolute atomic E-state index is 13.1. The van der Waals surface area contributed by atoms with Crippen molar-refractivity contribution in [2.45, 2.75) is 39.2 Å². The van der Waals surface area contributed by atoms with Gasteiger partial charge in [0.15, 0.2) is 0 Å². The Balaban J connectivity index is 1.67. The SMILES string of the molecule is CCOC(=O)C1CC[NH+](C(c2ccc(OC)cc2)c2cc(CC)sc2NC(=O)c2ccccc2)CC1. The number of hydrogen-bond acceptors (Lipinski definition) is 5. The number of thiophene rings is 1. The van der Waals surface area contributed by atoms with Gasteiger partial charge in [0.1, 0.15) is 16.8 Å². The topological polar surface area (TPSA) is 69.1 Å². The molecular formula is C29H35N2O4S+. The molecule has 2 heterocycles. The van der Waals surface area contributed by atoms with E-state index in [1.807, 2.05) is 49.4 Å². The van der Waals surface area contributed by atoms with Crippen molar-refractivity contribution in [1.29, 1.82) is 0 Å². The Hall–Kier alpha value is -3.16. The molecule has 6 nitrogen and oxygen atoms in total. The summed E-state index contributed by atoms with van der Waals surface area (Å²) in [6.07, 6.45) is 2.48. The Morgan fingerprint density at radius 1 is 1.06 bits per heavy atom. The van der Waals surface area contributed by atoms with Gasteiger partial charge in [0.25, 0.3) is 5.91 Å². The summed E-state index contributed by atoms with van der Waals surface area (Å²) in [5.74, 6) is 0.574. The summed E-state index contributed by atoms with van der Waals surface area (Å²) in [5, 5.41) is 4.09. The van der Waals surface area contributed by atoms with Crippen LogP contribution in [-0.2, 0) is 16.0 Å². The van der Waals surface area contributed by atoms with E-state index in [9.17, 15) is 9.59 Å². The molecule has 1 saturated heterocycles. The van der Waals surface area contributed by atoms with Gasteiger partial charge in [-0.05, 0) is 55.8 Å². The highest BCUT2D eigenvalue weighted by Crippen LogP contribution is 2.36. The second-order valence-electron chi connectivity index (χ2n) is 9.06. The van der Waals surface area contributed by atoms with Gasteiger partial charge in [0.2, 0.25) is 0 Å². The lowest BCUT2D eigenvalue weighted by Crippen LogP contribution is -3.13. The van der Waals surface area contributed by atoms with Crippen molar-refractivity contribution in [2.24, 2.45) is 5.92 Å². The Morgan fingerprint density at radius 3 is 2.36 bits per heavy atom. The van der Waals surface area contributed by atoms with Gasteiger partial charge in [0.05, 0.1) is 32.7 Å². The summed E-state index contributed by atoms with van der Waals surface area (Å²) in [5.41, 5.74) is 2.92. The zero-order chi connectivity index (χ0) is 25.5. The van der Waals surface area contributed by atoms with E-state index in [1.165, 1.54) is 9.78 Å². The zero-order valence-corrected chi connectivity index (χ0v) is 22.0. The van der Waals surface area contributed by atoms with Crippen LogP contribution in [0.15, 0.2) is 60.7 Å². The number of quaternary nitrogens is 1. The van der Waals surface area contributed by atoms with E-state index in [4.69, 9.17) is 9.47 Å². The van der Waals surface area contributed by atoms with Crippen molar-refractivity contribution in [3.05, 3.63) is 82.2 Å². The van der Waals surface area contributed by atoms with Gasteiger partial charge in [-0.2, -0.15) is 0 Å². The molecule has 1 aliphatic heterocycles. The lowest BCUT2D eigenvalue weighted by atomic mass is 9.91. The predicted octanol–water partition coefficient (Wildman–Crippen LogP) is 4.52. The minimum Gasteiger partial charge on any atom is -0.497 e. The molecule has 4 rings (SSSR count). The van der Waals surface area contributed by atoms with Gasteiger partial charge >= 0.3 is 5.97 Å². The Morgan fingerprint density at radius 2 is 1.75 bits per heavy atom. The van der Waals surface area contributed by atoms with E-state index in [2.05, 4.69) is 30.4 Å². The lowest BCUT2D eigenvalue weighted by Gasteiger charge is -2.34. The molecule has 0 radical (unpaired) electrons. The molecule has 36 heavy (non-hydrogen) atoms. The zero-order valence-electron chi connectivity index (χ0n) is 21.2. The van der Waals surface area contributed by atoms with Gasteiger partial charge in [0, 0.05) is 34.4 Å². The highest BCUT2D eigenvalue weighted by atomic mass is 32.1. The third-order valence-corrected chi connectivity index (χ3v) is 8.05. The summed E-state index contributed by atoms with van der Waals surface area (Å²) in [4.78, 5) is 28.0. The Kier molecular flexibility index (Phi) is 8.78. The fourth-order valence-electron chi connectivity index (χ4n) is 4.91. The minimum absolute atomic E-state index is 0.0293. The van der Waals surface area contributed by atoms with Crippen LogP contribution in [0.2, 0.25) is 0 Å². The molecule has 7 heteroatoms. The van der Waals surface area contributed by atoms with Gasteiger partial charge in [-0.1, -0.05) is 25.1 Å². The predicted molar refractivity (Wildman–Crippen MR) is 143 cm³/mol. The van der Waals surface area contributed by atoms with E-state index in [0.29, 0.717) is 12.2 Å². The van der Waals surface area contributed by atoms with E-state index in [1.54, 1.807) is 18.4 Å². The van der Waals surface area contributed by atoms with Crippen LogP contribution < -0.4 is 15.0 Å². The quantitative estimate of drug-likeness (QED) is 0.418. The van der Waals surface area contributed by atoms with Crippen molar-refractivity contribution in [3.8, 4) is 5.75 Å². The number of methoxy groups -OCH3 is 1. The molecule has 1 amide bonds. The van der Waals surface area contributed by atoms with E-state index in [-0.39, 0.29) is 23.8 Å². The van der Waals surface area contributed by atoms with Crippen molar-refractivity contribution in [2.75, 3.05) is 32.1 Å². The Bertz CT molecular complexity index is 1150. The molecule has 1 fully saturated rings. The highest BCUT2D eigenvalue weighted by Gasteiger charge is 2.36. The van der Waals surface area contributed by atoms with Gasteiger partial charge in [-0.25, -0.2) is 0 Å². The average Bonchev–Trinajstić information content (AvgIpc) is 3.32. The third-order valence-electron chi connectivity index (χ3n) is 6.84. The maximum Gasteiger partial charge on any atom is 0.309 e. The average molecular weight is 508 g/mol. The van der Waals surface area contributed by atoms with Crippen LogP contribution >= 0.6 is 11.3 Å². The highest BCUT2D eigenvalue weighted by molar-refractivity contribution is 7.16. The maximum atomic E-state index is 13.1. The van der Waals surface area contributed by atoms with Crippen LogP contribution in [0.4, 0.5) is 5.00 Å². The monoisotopic (exact) mass is 507 g/mol. The summed E-state index contributed by atoms with van der Waals surface area (Å²) in [6, 6.07) is 19.8. The van der Waals surface area contributed by atoms with Crippen molar-refractivity contribution < 1.29 is 24.0 Å². The molecule has 1 atom stereocenters. The number of benzene rings is 2. The first-order valence-electron chi connectivity index (χ1n) is 12.7. The van der Waals surface area contributed by atoms with Crippen molar-refractivity contribution in [1.82, 2.24) is 0 Å². The number of piperidine rings is 1. The Labute approximate surface area is 217 Å². The standard InChI is InChI=1S/C29H34N2O4S/c1-4-24-19-25(28(36-24)30-27(32)21-9-7-6-8-10-21)26(20-11-13-23(34-3)14-12-20)31-17-15-22(16-18-31)29(33)35-5-2/h6-14,19,22,26H,4-5,15-18H2,1-3H3,(H,30,32)/p+1. The van der Waals surface area contributed by atoms with Crippen LogP contribution in [0.1, 0.15) is 59.1 Å². The molecule has 0 bridgehead atoms. The molecular weight excluding hydrogens is 472 g/mol. The van der Waals surface area contributed by atoms with Gasteiger partial charge in [-0.15, -0.1) is 11.3 Å². The van der Waals surface area contributed by atoms with E-state index < -0.39 is 0 Å². The van der Waals surface area contributed by atoms with Gasteiger partial charge < -0.3 is 19.7 Å². The molecule has 0 spiro atoms. The molecule has 190 valence electrons. The fourth-order valence-corrected chi connectivity index (χ4v) is 5.95. The number of nitrogens with one attached hydrogen (secondary N) is 2. The second kappa shape index (κ2) is 12.2. The lowest BCUT2D eigenvalue weighted by molar-refractivity contribution is -0.931. The van der Waals surface area contributed by atoms with Crippen molar-refractivity contribution in [3.63, 3.8) is 0 Å². The smallest absolute Gasteiger partial charge is 0.309 e. The van der Waals surface area contributed by atoms with E-state index in [0.717, 1.165) is 54.2 Å². The van der Waals surface area contributed by atoms with Crippen LogP contribution in [0.5, 0.6) is 5.75 Å². The number of carbonyl (C=O) groups excluding carboxylic acids is 2. The first kappa shape index (κ1) is 25.9. The first-order valence-corrected chi connectivity index (χ1v) is 13.5. The second-order valence-corrected chi connectivity index (χ2v) is 10.2. The number of hydrogen-bond donors (Lipinski definition) is 2. The number of anilines is 1. The first-order chi connectivity index (χ1) is 17.5. The number of amides is 1. The third kappa shape index (κ3) is 5.97. The summed E-state index contributed by atoms with van der Waals surface area (Å²) < 4.78 is 10.7. The largest absolute Gasteiger partial charge is 0.497 e. The molecule has 2 aromatic carbocycles. The number of ether oxygens (including phenoxy) is 2. The van der Waals surface area contributed by atoms with Crippen LogP contribution in [0.25, 0.3) is 0 Å². The van der Waals surface area contributed by atoms with E-state index >= 15 is 0 Å². The van der Waals surface area contributed by atoms with Gasteiger partial charge in [-0.3, -0.25) is 9.59 Å². The molecule has 0 aliphatic carbocycles. The van der Waals surface area contributed by atoms with Crippen LogP contribution in [0.3, 0.4) is 0 Å². The molecule has 1 aliphatic rings. The molecule has 1 aromatic heterocycles. The van der Waals surface area contributed by atoms with Crippen LogP contribution in [0, 0.1) is 5.92 Å².